The molecule has 254 valence electrons. The van der Waals surface area contributed by atoms with E-state index in [4.69, 9.17) is 6.57 Å². The van der Waals surface area contributed by atoms with E-state index in [1.54, 1.807) is 12.1 Å². The average molecular weight is 700 g/mol. The van der Waals surface area contributed by atoms with Crippen LogP contribution in [0.3, 0.4) is 0 Å². The zero-order valence-electron chi connectivity index (χ0n) is 29.5. The van der Waals surface area contributed by atoms with Crippen molar-refractivity contribution in [3.8, 4) is 34.3 Å². The molecule has 0 unspecified atom stereocenters. The van der Waals surface area contributed by atoms with Gasteiger partial charge >= 0.3 is 0 Å². The van der Waals surface area contributed by atoms with Gasteiger partial charge in [0.2, 0.25) is 0 Å². The smallest absolute Gasteiger partial charge is 0.197 e. The van der Waals surface area contributed by atoms with E-state index in [-0.39, 0.29) is 0 Å². The first-order valence-corrected chi connectivity index (χ1v) is 18.3. The van der Waals surface area contributed by atoms with Gasteiger partial charge in [-0.25, -0.2) is 4.85 Å². The van der Waals surface area contributed by atoms with Crippen LogP contribution in [0.15, 0.2) is 176 Å². The zero-order chi connectivity index (χ0) is 36.6. The summed E-state index contributed by atoms with van der Waals surface area (Å²) < 4.78 is 6.83. The number of fused-ring (bicyclic) bond motifs is 9. The van der Waals surface area contributed by atoms with Gasteiger partial charge < -0.3 is 13.7 Å². The number of benzene rings is 8. The number of rotatable bonds is 4. The Balaban J connectivity index is 1.25. The molecule has 0 amide bonds. The fraction of sp³-hybridized carbons (Fsp3) is 0. The molecule has 0 N–H and O–H groups in total. The largest absolute Gasteiger partial charge is 0.309 e. The third-order valence-corrected chi connectivity index (χ3v) is 11.1. The molecule has 3 aromatic heterocycles. The minimum atomic E-state index is 0.485. The maximum Gasteiger partial charge on any atom is 0.197 e. The molecule has 0 fully saturated rings. The number of hydrogen-bond donors (Lipinski definition) is 0. The summed E-state index contributed by atoms with van der Waals surface area (Å²) in [6.07, 6.45) is 0. The van der Waals surface area contributed by atoms with Gasteiger partial charge in [-0.15, -0.1) is 0 Å². The Morgan fingerprint density at radius 3 is 1.49 bits per heavy atom. The zero-order valence-corrected chi connectivity index (χ0v) is 29.5. The predicted molar refractivity (Wildman–Crippen MR) is 226 cm³/mol. The molecule has 11 aromatic rings. The second-order valence-corrected chi connectivity index (χ2v) is 13.9. The fourth-order valence-corrected chi connectivity index (χ4v) is 8.81. The van der Waals surface area contributed by atoms with Crippen molar-refractivity contribution in [2.24, 2.45) is 0 Å². The average Bonchev–Trinajstić information content (AvgIpc) is 3.88. The van der Waals surface area contributed by atoms with Crippen molar-refractivity contribution in [1.82, 2.24) is 13.7 Å². The van der Waals surface area contributed by atoms with Gasteiger partial charge in [-0.3, -0.25) is 0 Å². The van der Waals surface area contributed by atoms with Crippen molar-refractivity contribution in [1.29, 1.82) is 5.26 Å². The highest BCUT2D eigenvalue weighted by Gasteiger charge is 2.24. The number of para-hydroxylation sites is 5. The molecule has 0 saturated heterocycles. The SMILES string of the molecule is [C-]#[N+]c1ccc(C#N)c(-n2c3ccccc3c3cc4c5ccccc5n(-c5ccccc5)c4cc32)c1-c1cccc(-n2c3ccccc3c3ccccc32)c1. The maximum atomic E-state index is 10.8. The molecular formula is C50H29N5. The number of nitriles is 1. The van der Waals surface area contributed by atoms with Gasteiger partial charge in [-0.05, 0) is 66.2 Å². The summed E-state index contributed by atoms with van der Waals surface area (Å²) >= 11 is 0. The molecule has 0 spiro atoms. The molecule has 0 aliphatic rings. The van der Waals surface area contributed by atoms with Crippen molar-refractivity contribution in [2.75, 3.05) is 0 Å². The molecule has 55 heavy (non-hydrogen) atoms. The summed E-state index contributed by atoms with van der Waals surface area (Å²) in [4.78, 5) is 4.09. The van der Waals surface area contributed by atoms with E-state index in [1.807, 2.05) is 12.1 Å². The summed E-state index contributed by atoms with van der Waals surface area (Å²) in [5.41, 5.74) is 11.7. The summed E-state index contributed by atoms with van der Waals surface area (Å²) in [7, 11) is 0. The molecule has 8 aromatic carbocycles. The van der Waals surface area contributed by atoms with Gasteiger partial charge in [0.05, 0.1) is 50.9 Å². The molecule has 0 aliphatic carbocycles. The van der Waals surface area contributed by atoms with E-state index in [1.165, 1.54) is 16.2 Å². The van der Waals surface area contributed by atoms with Crippen LogP contribution in [-0.4, -0.2) is 13.7 Å². The fourth-order valence-electron chi connectivity index (χ4n) is 8.81. The van der Waals surface area contributed by atoms with Gasteiger partial charge in [-0.2, -0.15) is 5.26 Å². The van der Waals surface area contributed by atoms with Crippen molar-refractivity contribution >= 4 is 71.1 Å². The number of hydrogen-bond acceptors (Lipinski definition) is 1. The lowest BCUT2D eigenvalue weighted by molar-refractivity contribution is 1.16. The minimum absolute atomic E-state index is 0.485. The van der Waals surface area contributed by atoms with Crippen molar-refractivity contribution in [3.63, 3.8) is 0 Å². The summed E-state index contributed by atoms with van der Waals surface area (Å²) in [6, 6.07) is 63.4. The molecule has 3 heterocycles. The van der Waals surface area contributed by atoms with Gasteiger partial charge in [-0.1, -0.05) is 115 Å². The highest BCUT2D eigenvalue weighted by Crippen LogP contribution is 2.45. The maximum absolute atomic E-state index is 10.8. The van der Waals surface area contributed by atoms with Gasteiger partial charge in [0.25, 0.3) is 0 Å². The molecule has 0 bridgehead atoms. The van der Waals surface area contributed by atoms with Crippen LogP contribution in [-0.2, 0) is 0 Å². The van der Waals surface area contributed by atoms with Crippen LogP contribution in [0.5, 0.6) is 0 Å². The van der Waals surface area contributed by atoms with Crippen LogP contribution in [0.2, 0.25) is 0 Å². The van der Waals surface area contributed by atoms with E-state index in [2.05, 4.69) is 176 Å². The molecule has 0 radical (unpaired) electrons. The second-order valence-electron chi connectivity index (χ2n) is 13.9. The lowest BCUT2D eigenvalue weighted by Crippen LogP contribution is -2.02. The van der Waals surface area contributed by atoms with Crippen molar-refractivity contribution in [3.05, 3.63) is 193 Å². The van der Waals surface area contributed by atoms with Crippen molar-refractivity contribution in [2.45, 2.75) is 0 Å². The Hall–Kier alpha value is -7.86. The van der Waals surface area contributed by atoms with Gasteiger partial charge in [0, 0.05) is 49.3 Å². The molecular weight excluding hydrogens is 671 g/mol. The van der Waals surface area contributed by atoms with Gasteiger partial charge in [0.15, 0.2) is 5.69 Å². The highest BCUT2D eigenvalue weighted by molar-refractivity contribution is 6.19. The summed E-state index contributed by atoms with van der Waals surface area (Å²) in [6.45, 7) is 8.44. The number of nitrogens with zero attached hydrogens (tertiary/aromatic N) is 5. The first-order chi connectivity index (χ1) is 27.2. The highest BCUT2D eigenvalue weighted by atomic mass is 15.0. The Labute approximate surface area is 316 Å². The van der Waals surface area contributed by atoms with Crippen LogP contribution in [0, 0.1) is 17.9 Å². The standard InChI is InChI=1S/C50H29N5/c1-52-42-27-26-33(31-51)50(49(42)32-14-13-17-35(28-32)54-43-22-9-5-18-36(43)37-19-6-10-23-44(37)54)55-46-25-12-8-21-39(46)41-29-40-38-20-7-11-24-45(38)53(47(40)30-48(41)55)34-15-3-2-4-16-34/h2-30H. The minimum Gasteiger partial charge on any atom is -0.309 e. The monoisotopic (exact) mass is 699 g/mol. The van der Waals surface area contributed by atoms with Crippen molar-refractivity contribution < 1.29 is 0 Å². The van der Waals surface area contributed by atoms with Crippen LogP contribution in [0.25, 0.3) is 98.5 Å². The summed E-state index contributed by atoms with van der Waals surface area (Å²) in [5, 5.41) is 17.7. The first-order valence-electron chi connectivity index (χ1n) is 18.3. The normalized spacial score (nSPS) is 11.6. The molecule has 5 nitrogen and oxygen atoms in total. The number of aromatic nitrogens is 3. The third kappa shape index (κ3) is 4.39. The molecule has 11 rings (SSSR count). The van der Waals surface area contributed by atoms with E-state index in [0.717, 1.165) is 71.8 Å². The Morgan fingerprint density at radius 1 is 0.418 bits per heavy atom. The Morgan fingerprint density at radius 2 is 0.909 bits per heavy atom. The molecule has 5 heteroatoms. The van der Waals surface area contributed by atoms with E-state index >= 15 is 0 Å². The van der Waals surface area contributed by atoms with Crippen LogP contribution >= 0.6 is 0 Å². The van der Waals surface area contributed by atoms with Crippen LogP contribution < -0.4 is 0 Å². The predicted octanol–water partition coefficient (Wildman–Crippen LogP) is 13.1. The van der Waals surface area contributed by atoms with E-state index < -0.39 is 0 Å². The molecule has 0 saturated carbocycles. The molecule has 0 aliphatic heterocycles. The lowest BCUT2D eigenvalue weighted by Gasteiger charge is -2.19. The third-order valence-electron chi connectivity index (χ3n) is 11.1. The quantitative estimate of drug-likeness (QED) is 0.169. The van der Waals surface area contributed by atoms with Crippen LogP contribution in [0.1, 0.15) is 5.56 Å². The topological polar surface area (TPSA) is 42.9 Å². The van der Waals surface area contributed by atoms with Crippen LogP contribution in [0.4, 0.5) is 5.69 Å². The Bertz CT molecular complexity index is 3400. The van der Waals surface area contributed by atoms with E-state index in [9.17, 15) is 5.26 Å². The molecule has 0 atom stereocenters. The summed E-state index contributed by atoms with van der Waals surface area (Å²) in [5.74, 6) is 0. The lowest BCUT2D eigenvalue weighted by atomic mass is 9.97. The van der Waals surface area contributed by atoms with E-state index in [0.29, 0.717) is 16.9 Å². The second kappa shape index (κ2) is 11.8. The first kappa shape index (κ1) is 30.7. The van der Waals surface area contributed by atoms with Gasteiger partial charge in [0.1, 0.15) is 6.07 Å². The Kier molecular flexibility index (Phi) is 6.61.